The van der Waals surface area contributed by atoms with Gasteiger partial charge in [-0.15, -0.1) is 0 Å². The number of carbonyl (C=O) groups is 2. The van der Waals surface area contributed by atoms with Crippen LogP contribution in [0.15, 0.2) is 24.3 Å². The Morgan fingerprint density at radius 2 is 2.04 bits per heavy atom. The molecule has 1 saturated heterocycles. The van der Waals surface area contributed by atoms with Crippen LogP contribution in [0.1, 0.15) is 32.3 Å². The second-order valence-corrected chi connectivity index (χ2v) is 6.37. The molecular formula is C19H29N3O3. The summed E-state index contributed by atoms with van der Waals surface area (Å²) in [6, 6.07) is 7.48. The SMILES string of the molecule is CCC(=O)N1CCCN(C(C)C(=O)NCc2cccc(OC)c2)CC1. The van der Waals surface area contributed by atoms with Gasteiger partial charge >= 0.3 is 0 Å². The van der Waals surface area contributed by atoms with Gasteiger partial charge in [-0.1, -0.05) is 19.1 Å². The third kappa shape index (κ3) is 5.46. The molecular weight excluding hydrogens is 318 g/mol. The smallest absolute Gasteiger partial charge is 0.237 e. The molecule has 2 rings (SSSR count). The number of hydrogen-bond donors (Lipinski definition) is 1. The molecule has 1 aromatic rings. The summed E-state index contributed by atoms with van der Waals surface area (Å²) in [5, 5.41) is 3.00. The number of methoxy groups -OCH3 is 1. The Kier molecular flexibility index (Phi) is 7.25. The molecule has 1 aliphatic rings. The van der Waals surface area contributed by atoms with Gasteiger partial charge in [0.05, 0.1) is 13.2 Å². The minimum Gasteiger partial charge on any atom is -0.497 e. The van der Waals surface area contributed by atoms with Gasteiger partial charge in [0, 0.05) is 39.1 Å². The van der Waals surface area contributed by atoms with E-state index < -0.39 is 0 Å². The minimum absolute atomic E-state index is 0.0121. The van der Waals surface area contributed by atoms with Gasteiger partial charge in [-0.25, -0.2) is 0 Å². The Bertz CT molecular complexity index is 591. The van der Waals surface area contributed by atoms with Crippen molar-refractivity contribution in [3.63, 3.8) is 0 Å². The fourth-order valence-electron chi connectivity index (χ4n) is 3.08. The van der Waals surface area contributed by atoms with E-state index in [0.29, 0.717) is 19.5 Å². The van der Waals surface area contributed by atoms with Crippen LogP contribution in [0.5, 0.6) is 5.75 Å². The predicted octanol–water partition coefficient (Wildman–Crippen LogP) is 1.64. The summed E-state index contributed by atoms with van der Waals surface area (Å²) in [7, 11) is 1.63. The van der Waals surface area contributed by atoms with Gasteiger partial charge in [0.1, 0.15) is 5.75 Å². The van der Waals surface area contributed by atoms with Crippen LogP contribution in [0.3, 0.4) is 0 Å². The van der Waals surface area contributed by atoms with Crippen LogP contribution in [-0.2, 0) is 16.1 Å². The lowest BCUT2D eigenvalue weighted by atomic mass is 10.2. The molecule has 1 fully saturated rings. The molecule has 6 heteroatoms. The lowest BCUT2D eigenvalue weighted by Gasteiger charge is -2.27. The molecule has 6 nitrogen and oxygen atoms in total. The Labute approximate surface area is 150 Å². The first-order valence-corrected chi connectivity index (χ1v) is 8.97. The van der Waals surface area contributed by atoms with E-state index in [1.54, 1.807) is 7.11 Å². The van der Waals surface area contributed by atoms with Gasteiger partial charge in [0.15, 0.2) is 0 Å². The molecule has 0 bridgehead atoms. The Morgan fingerprint density at radius 1 is 1.24 bits per heavy atom. The average molecular weight is 347 g/mol. The molecule has 0 aromatic heterocycles. The van der Waals surface area contributed by atoms with E-state index >= 15 is 0 Å². The number of carbonyl (C=O) groups excluding carboxylic acids is 2. The van der Waals surface area contributed by atoms with Crippen molar-refractivity contribution >= 4 is 11.8 Å². The zero-order chi connectivity index (χ0) is 18.2. The molecule has 0 spiro atoms. The topological polar surface area (TPSA) is 61.9 Å². The molecule has 1 atom stereocenters. The number of nitrogens with one attached hydrogen (secondary N) is 1. The summed E-state index contributed by atoms with van der Waals surface area (Å²) in [5.74, 6) is 0.989. The van der Waals surface area contributed by atoms with Crippen molar-refractivity contribution in [2.24, 2.45) is 0 Å². The first kappa shape index (κ1) is 19.2. The maximum Gasteiger partial charge on any atom is 0.237 e. The maximum absolute atomic E-state index is 12.5. The lowest BCUT2D eigenvalue weighted by Crippen LogP contribution is -2.46. The Morgan fingerprint density at radius 3 is 2.76 bits per heavy atom. The molecule has 1 N–H and O–H groups in total. The summed E-state index contributed by atoms with van der Waals surface area (Å²) >= 11 is 0. The second kappa shape index (κ2) is 9.42. The van der Waals surface area contributed by atoms with E-state index in [0.717, 1.165) is 37.4 Å². The number of benzene rings is 1. The van der Waals surface area contributed by atoms with E-state index in [9.17, 15) is 9.59 Å². The molecule has 0 saturated carbocycles. The van der Waals surface area contributed by atoms with Gasteiger partial charge in [-0.3, -0.25) is 14.5 Å². The summed E-state index contributed by atoms with van der Waals surface area (Å²) in [5.41, 5.74) is 1.01. The van der Waals surface area contributed by atoms with Crippen LogP contribution in [0.25, 0.3) is 0 Å². The molecule has 138 valence electrons. The van der Waals surface area contributed by atoms with Gasteiger partial charge in [-0.2, -0.15) is 0 Å². The van der Waals surface area contributed by atoms with Crippen molar-refractivity contribution in [2.75, 3.05) is 33.3 Å². The number of amides is 2. The van der Waals surface area contributed by atoms with Crippen LogP contribution in [0, 0.1) is 0 Å². The molecule has 1 unspecified atom stereocenters. The fraction of sp³-hybridized carbons (Fsp3) is 0.579. The lowest BCUT2D eigenvalue weighted by molar-refractivity contribution is -0.130. The Balaban J connectivity index is 1.85. The maximum atomic E-state index is 12.5. The number of rotatable bonds is 6. The summed E-state index contributed by atoms with van der Waals surface area (Å²) < 4.78 is 5.20. The van der Waals surface area contributed by atoms with E-state index in [-0.39, 0.29) is 17.9 Å². The summed E-state index contributed by atoms with van der Waals surface area (Å²) in [6.07, 6.45) is 1.44. The van der Waals surface area contributed by atoms with E-state index in [1.165, 1.54) is 0 Å². The molecule has 25 heavy (non-hydrogen) atoms. The van der Waals surface area contributed by atoms with Gasteiger partial charge in [0.2, 0.25) is 11.8 Å². The first-order chi connectivity index (χ1) is 12.0. The highest BCUT2D eigenvalue weighted by atomic mass is 16.5. The van der Waals surface area contributed by atoms with E-state index in [2.05, 4.69) is 10.2 Å². The van der Waals surface area contributed by atoms with Crippen molar-refractivity contribution in [1.29, 1.82) is 0 Å². The predicted molar refractivity (Wildman–Crippen MR) is 97.4 cm³/mol. The van der Waals surface area contributed by atoms with E-state index in [1.807, 2.05) is 43.0 Å². The summed E-state index contributed by atoms with van der Waals surface area (Å²) in [4.78, 5) is 28.4. The molecule has 0 radical (unpaired) electrons. The highest BCUT2D eigenvalue weighted by molar-refractivity contribution is 5.81. The van der Waals surface area contributed by atoms with Crippen LogP contribution in [-0.4, -0.2) is 60.9 Å². The van der Waals surface area contributed by atoms with Crippen molar-refractivity contribution in [2.45, 2.75) is 39.3 Å². The second-order valence-electron chi connectivity index (χ2n) is 6.37. The quantitative estimate of drug-likeness (QED) is 0.850. The van der Waals surface area contributed by atoms with Crippen LogP contribution >= 0.6 is 0 Å². The van der Waals surface area contributed by atoms with Crippen molar-refractivity contribution in [3.05, 3.63) is 29.8 Å². The normalized spacial score (nSPS) is 16.8. The molecule has 0 aliphatic carbocycles. The van der Waals surface area contributed by atoms with Crippen LogP contribution < -0.4 is 10.1 Å². The third-order valence-electron chi connectivity index (χ3n) is 4.71. The number of ether oxygens (including phenoxy) is 1. The third-order valence-corrected chi connectivity index (χ3v) is 4.71. The highest BCUT2D eigenvalue weighted by Crippen LogP contribution is 2.13. The summed E-state index contributed by atoms with van der Waals surface area (Å²) in [6.45, 7) is 7.34. The minimum atomic E-state index is -0.206. The van der Waals surface area contributed by atoms with Crippen LogP contribution in [0.4, 0.5) is 0 Å². The van der Waals surface area contributed by atoms with Crippen molar-refractivity contribution in [1.82, 2.24) is 15.1 Å². The largest absolute Gasteiger partial charge is 0.497 e. The number of nitrogens with zero attached hydrogens (tertiary/aromatic N) is 2. The fourth-order valence-corrected chi connectivity index (χ4v) is 3.08. The van der Waals surface area contributed by atoms with Gasteiger partial charge in [-0.05, 0) is 31.0 Å². The standard InChI is InChI=1S/C19H29N3O3/c1-4-18(23)22-10-6-9-21(11-12-22)15(2)19(24)20-14-16-7-5-8-17(13-16)25-3/h5,7-8,13,15H,4,6,9-12,14H2,1-3H3,(H,20,24). The molecule has 1 aromatic carbocycles. The average Bonchev–Trinajstić information content (AvgIpc) is 2.91. The molecule has 1 heterocycles. The molecule has 2 amide bonds. The zero-order valence-electron chi connectivity index (χ0n) is 15.5. The number of hydrogen-bond acceptors (Lipinski definition) is 4. The van der Waals surface area contributed by atoms with Crippen molar-refractivity contribution in [3.8, 4) is 5.75 Å². The van der Waals surface area contributed by atoms with Gasteiger partial charge in [0.25, 0.3) is 0 Å². The highest BCUT2D eigenvalue weighted by Gasteiger charge is 2.25. The van der Waals surface area contributed by atoms with Crippen LogP contribution in [0.2, 0.25) is 0 Å². The van der Waals surface area contributed by atoms with Gasteiger partial charge < -0.3 is 15.0 Å². The monoisotopic (exact) mass is 347 g/mol. The zero-order valence-corrected chi connectivity index (χ0v) is 15.5. The molecule has 1 aliphatic heterocycles. The van der Waals surface area contributed by atoms with E-state index in [4.69, 9.17) is 4.74 Å². The Hall–Kier alpha value is -2.08. The first-order valence-electron chi connectivity index (χ1n) is 8.97. The van der Waals surface area contributed by atoms with Crippen molar-refractivity contribution < 1.29 is 14.3 Å².